The summed E-state index contributed by atoms with van der Waals surface area (Å²) in [6.45, 7) is 4.04. The van der Waals surface area contributed by atoms with Crippen LogP contribution in [0.3, 0.4) is 0 Å². The van der Waals surface area contributed by atoms with Crippen molar-refractivity contribution in [3.05, 3.63) is 54.3 Å². The molecule has 3 rings (SSSR count). The molecule has 0 spiro atoms. The molecule has 1 atom stereocenters. The van der Waals surface area contributed by atoms with Gasteiger partial charge in [0.05, 0.1) is 12.0 Å². The average Bonchev–Trinajstić information content (AvgIpc) is 3.20. The van der Waals surface area contributed by atoms with Crippen LogP contribution >= 0.6 is 11.3 Å². The van der Waals surface area contributed by atoms with Gasteiger partial charge in [-0.3, -0.25) is 4.98 Å². The summed E-state index contributed by atoms with van der Waals surface area (Å²) >= 11 is 1.69. The van der Waals surface area contributed by atoms with Gasteiger partial charge in [-0.05, 0) is 19.1 Å². The molecule has 0 amide bonds. The van der Waals surface area contributed by atoms with Crippen LogP contribution < -0.4 is 5.32 Å². The van der Waals surface area contributed by atoms with E-state index in [1.807, 2.05) is 30.9 Å². The Kier molecular flexibility index (Phi) is 4.92. The molecule has 0 unspecified atom stereocenters. The highest BCUT2D eigenvalue weighted by Gasteiger charge is 2.06. The average molecular weight is 313 g/mol. The summed E-state index contributed by atoms with van der Waals surface area (Å²) in [6, 6.07) is 4.40. The standard InChI is InChI=1S/C16H19N5S/c1-13(10-21-9-8-18-12-21)19-7-4-15-11-22-16(20-15)14-2-5-17-6-3-14/h2-3,5-6,8-9,11-13,19H,4,7,10H2,1H3/t13-/m0/s1. The number of hydrogen-bond acceptors (Lipinski definition) is 5. The number of thiazole rings is 1. The topological polar surface area (TPSA) is 55.6 Å². The van der Waals surface area contributed by atoms with Crippen molar-refractivity contribution < 1.29 is 0 Å². The van der Waals surface area contributed by atoms with Crippen molar-refractivity contribution in [2.45, 2.75) is 25.9 Å². The van der Waals surface area contributed by atoms with Gasteiger partial charge < -0.3 is 9.88 Å². The van der Waals surface area contributed by atoms with Crippen molar-refractivity contribution in [2.75, 3.05) is 6.54 Å². The van der Waals surface area contributed by atoms with Crippen molar-refractivity contribution in [3.8, 4) is 10.6 Å². The second kappa shape index (κ2) is 7.29. The molecule has 0 bridgehead atoms. The molecule has 0 aliphatic carbocycles. The van der Waals surface area contributed by atoms with Crippen LogP contribution in [-0.4, -0.2) is 32.1 Å². The lowest BCUT2D eigenvalue weighted by atomic mass is 10.2. The van der Waals surface area contributed by atoms with E-state index in [0.29, 0.717) is 6.04 Å². The van der Waals surface area contributed by atoms with Crippen LogP contribution in [0.5, 0.6) is 0 Å². The number of imidazole rings is 1. The Bertz CT molecular complexity index is 678. The van der Waals surface area contributed by atoms with E-state index < -0.39 is 0 Å². The fraction of sp³-hybridized carbons (Fsp3) is 0.312. The Morgan fingerprint density at radius 3 is 2.86 bits per heavy atom. The van der Waals surface area contributed by atoms with Crippen molar-refractivity contribution in [3.63, 3.8) is 0 Å². The first-order chi connectivity index (χ1) is 10.8. The highest BCUT2D eigenvalue weighted by atomic mass is 32.1. The zero-order chi connectivity index (χ0) is 15.2. The fourth-order valence-corrected chi connectivity index (χ4v) is 3.13. The second-order valence-electron chi connectivity index (χ2n) is 5.24. The molecule has 3 aromatic heterocycles. The van der Waals surface area contributed by atoms with E-state index in [4.69, 9.17) is 0 Å². The van der Waals surface area contributed by atoms with Crippen LogP contribution in [0.25, 0.3) is 10.6 Å². The van der Waals surface area contributed by atoms with E-state index in [1.54, 1.807) is 23.7 Å². The number of pyridine rings is 1. The summed E-state index contributed by atoms with van der Waals surface area (Å²) in [6.07, 6.45) is 10.2. The third-order valence-electron chi connectivity index (χ3n) is 3.40. The van der Waals surface area contributed by atoms with Gasteiger partial charge in [-0.15, -0.1) is 11.3 Å². The smallest absolute Gasteiger partial charge is 0.123 e. The lowest BCUT2D eigenvalue weighted by molar-refractivity contribution is 0.479. The zero-order valence-corrected chi connectivity index (χ0v) is 13.3. The van der Waals surface area contributed by atoms with Crippen LogP contribution in [0, 0.1) is 0 Å². The van der Waals surface area contributed by atoms with Gasteiger partial charge >= 0.3 is 0 Å². The van der Waals surface area contributed by atoms with E-state index in [-0.39, 0.29) is 0 Å². The number of nitrogens with zero attached hydrogens (tertiary/aromatic N) is 4. The van der Waals surface area contributed by atoms with E-state index in [9.17, 15) is 0 Å². The van der Waals surface area contributed by atoms with Crippen molar-refractivity contribution in [1.29, 1.82) is 0 Å². The first-order valence-electron chi connectivity index (χ1n) is 7.35. The zero-order valence-electron chi connectivity index (χ0n) is 12.5. The summed E-state index contributed by atoms with van der Waals surface area (Å²) in [4.78, 5) is 12.8. The van der Waals surface area contributed by atoms with Gasteiger partial charge in [0, 0.05) is 61.3 Å². The lowest BCUT2D eigenvalue weighted by Crippen LogP contribution is -2.31. The molecule has 1 N–H and O–H groups in total. The van der Waals surface area contributed by atoms with Crippen LogP contribution in [-0.2, 0) is 13.0 Å². The van der Waals surface area contributed by atoms with Gasteiger partial charge in [0.15, 0.2) is 0 Å². The molecule has 3 heterocycles. The van der Waals surface area contributed by atoms with Crippen LogP contribution in [0.15, 0.2) is 48.6 Å². The van der Waals surface area contributed by atoms with Crippen LogP contribution in [0.2, 0.25) is 0 Å². The van der Waals surface area contributed by atoms with Gasteiger partial charge in [0.1, 0.15) is 5.01 Å². The highest BCUT2D eigenvalue weighted by molar-refractivity contribution is 7.13. The van der Waals surface area contributed by atoms with Crippen molar-refractivity contribution >= 4 is 11.3 Å². The molecule has 0 saturated carbocycles. The minimum atomic E-state index is 0.410. The first-order valence-corrected chi connectivity index (χ1v) is 8.23. The SMILES string of the molecule is C[C@@H](Cn1ccnc1)NCCc1csc(-c2ccncc2)n1. The first kappa shape index (κ1) is 14.9. The van der Waals surface area contributed by atoms with E-state index >= 15 is 0 Å². The number of hydrogen-bond donors (Lipinski definition) is 1. The summed E-state index contributed by atoms with van der Waals surface area (Å²) in [5.41, 5.74) is 2.27. The molecule has 114 valence electrons. The van der Waals surface area contributed by atoms with Gasteiger partial charge in [-0.1, -0.05) is 0 Å². The lowest BCUT2D eigenvalue weighted by Gasteiger charge is -2.13. The number of nitrogens with one attached hydrogen (secondary N) is 1. The molecule has 0 radical (unpaired) electrons. The van der Waals surface area contributed by atoms with E-state index in [1.165, 1.54) is 0 Å². The van der Waals surface area contributed by atoms with E-state index in [2.05, 4.69) is 37.1 Å². The predicted octanol–water partition coefficient (Wildman–Crippen LogP) is 2.62. The fourth-order valence-electron chi connectivity index (χ4n) is 2.27. The molecule has 0 saturated heterocycles. The third-order valence-corrected chi connectivity index (χ3v) is 4.34. The minimum absolute atomic E-state index is 0.410. The van der Waals surface area contributed by atoms with Gasteiger partial charge in [0.25, 0.3) is 0 Å². The molecule has 0 aromatic carbocycles. The van der Waals surface area contributed by atoms with E-state index in [0.717, 1.165) is 35.8 Å². The Labute approximate surface area is 134 Å². The van der Waals surface area contributed by atoms with Crippen LogP contribution in [0.1, 0.15) is 12.6 Å². The summed E-state index contributed by atoms with van der Waals surface area (Å²) in [5, 5.41) is 6.72. The minimum Gasteiger partial charge on any atom is -0.336 e. The predicted molar refractivity (Wildman–Crippen MR) is 88.7 cm³/mol. The molecule has 22 heavy (non-hydrogen) atoms. The Hall–Kier alpha value is -2.05. The third kappa shape index (κ3) is 3.99. The Balaban J connectivity index is 1.47. The molecule has 5 nitrogen and oxygen atoms in total. The molecular formula is C16H19N5S. The Morgan fingerprint density at radius 1 is 1.23 bits per heavy atom. The summed E-state index contributed by atoms with van der Waals surface area (Å²) in [7, 11) is 0. The largest absolute Gasteiger partial charge is 0.336 e. The van der Waals surface area contributed by atoms with Crippen molar-refractivity contribution in [2.24, 2.45) is 0 Å². The van der Waals surface area contributed by atoms with Gasteiger partial charge in [-0.2, -0.15) is 0 Å². The molecule has 0 aliphatic heterocycles. The molecule has 0 fully saturated rings. The normalized spacial score (nSPS) is 12.4. The highest BCUT2D eigenvalue weighted by Crippen LogP contribution is 2.22. The second-order valence-corrected chi connectivity index (χ2v) is 6.10. The maximum atomic E-state index is 4.69. The quantitative estimate of drug-likeness (QED) is 0.728. The van der Waals surface area contributed by atoms with Gasteiger partial charge in [0.2, 0.25) is 0 Å². The molecule has 0 aliphatic rings. The molecule has 3 aromatic rings. The summed E-state index contributed by atoms with van der Waals surface area (Å²) in [5.74, 6) is 0. The monoisotopic (exact) mass is 313 g/mol. The Morgan fingerprint density at radius 2 is 2.09 bits per heavy atom. The maximum Gasteiger partial charge on any atom is 0.123 e. The number of aromatic nitrogens is 4. The summed E-state index contributed by atoms with van der Waals surface area (Å²) < 4.78 is 2.09. The molecular weight excluding hydrogens is 294 g/mol. The number of rotatable bonds is 7. The van der Waals surface area contributed by atoms with Crippen LogP contribution in [0.4, 0.5) is 0 Å². The van der Waals surface area contributed by atoms with Crippen molar-refractivity contribution in [1.82, 2.24) is 24.8 Å². The van der Waals surface area contributed by atoms with Gasteiger partial charge in [-0.25, -0.2) is 9.97 Å². The molecule has 6 heteroatoms. The maximum absolute atomic E-state index is 4.69.